The van der Waals surface area contributed by atoms with E-state index in [1.54, 1.807) is 10.9 Å². The lowest BCUT2D eigenvalue weighted by molar-refractivity contribution is 0.103. The van der Waals surface area contributed by atoms with Crippen LogP contribution in [0, 0.1) is 0 Å². The van der Waals surface area contributed by atoms with Gasteiger partial charge in [0.15, 0.2) is 5.82 Å². The molecule has 0 unspecified atom stereocenters. The highest BCUT2D eigenvalue weighted by atomic mass is 35.5. The summed E-state index contributed by atoms with van der Waals surface area (Å²) in [6.07, 6.45) is 1.69. The third kappa shape index (κ3) is 3.33. The van der Waals surface area contributed by atoms with Crippen LogP contribution in [0.1, 0.15) is 15.2 Å². The zero-order valence-electron chi connectivity index (χ0n) is 13.4. The Balaban J connectivity index is 1.56. The molecule has 0 radical (unpaired) electrons. The van der Waals surface area contributed by atoms with E-state index in [2.05, 4.69) is 10.4 Å². The van der Waals surface area contributed by atoms with Crippen molar-refractivity contribution in [2.75, 3.05) is 5.32 Å². The van der Waals surface area contributed by atoms with Crippen LogP contribution in [0.3, 0.4) is 0 Å². The minimum absolute atomic E-state index is 0.317. The maximum atomic E-state index is 12.6. The predicted molar refractivity (Wildman–Crippen MR) is 108 cm³/mol. The van der Waals surface area contributed by atoms with Crippen molar-refractivity contribution < 1.29 is 4.79 Å². The molecule has 26 heavy (non-hydrogen) atoms. The molecule has 2 aromatic carbocycles. The van der Waals surface area contributed by atoms with Crippen molar-refractivity contribution in [1.29, 1.82) is 0 Å². The van der Waals surface area contributed by atoms with E-state index in [1.165, 1.54) is 11.3 Å². The fourth-order valence-corrected chi connectivity index (χ4v) is 4.27. The Morgan fingerprint density at radius 1 is 1.08 bits per heavy atom. The fourth-order valence-electron chi connectivity index (χ4n) is 2.66. The smallest absolute Gasteiger partial charge is 0.268 e. The van der Waals surface area contributed by atoms with Gasteiger partial charge in [0.2, 0.25) is 0 Å². The molecule has 0 saturated carbocycles. The van der Waals surface area contributed by atoms with Crippen LogP contribution in [0.2, 0.25) is 10.0 Å². The molecule has 1 N–H and O–H groups in total. The third-order valence-electron chi connectivity index (χ3n) is 3.88. The highest BCUT2D eigenvalue weighted by Gasteiger charge is 2.19. The number of rotatable bonds is 4. The average molecular weight is 402 g/mol. The van der Waals surface area contributed by atoms with Gasteiger partial charge in [0.25, 0.3) is 5.91 Å². The molecule has 0 aliphatic heterocycles. The molecule has 0 spiro atoms. The third-order valence-corrected chi connectivity index (χ3v) is 5.83. The number of carbonyl (C=O) groups is 1. The molecule has 0 atom stereocenters. The van der Waals surface area contributed by atoms with Gasteiger partial charge in [0.1, 0.15) is 9.90 Å². The van der Waals surface area contributed by atoms with Crippen molar-refractivity contribution in [3.05, 3.63) is 81.3 Å². The van der Waals surface area contributed by atoms with E-state index < -0.39 is 0 Å². The summed E-state index contributed by atoms with van der Waals surface area (Å²) in [4.78, 5) is 13.1. The summed E-state index contributed by atoms with van der Waals surface area (Å²) in [5.41, 5.74) is 1.09. The van der Waals surface area contributed by atoms with Gasteiger partial charge < -0.3 is 5.32 Å². The average Bonchev–Trinajstić information content (AvgIpc) is 3.16. The number of hydrogen-bond donors (Lipinski definition) is 1. The number of nitrogens with zero attached hydrogens (tertiary/aromatic N) is 2. The van der Waals surface area contributed by atoms with Crippen molar-refractivity contribution in [2.45, 2.75) is 6.54 Å². The molecule has 4 nitrogen and oxygen atoms in total. The second kappa shape index (κ2) is 7.11. The second-order valence-corrected chi connectivity index (χ2v) is 7.54. The van der Waals surface area contributed by atoms with E-state index in [4.69, 9.17) is 23.2 Å². The number of halogens is 2. The zero-order chi connectivity index (χ0) is 18.1. The summed E-state index contributed by atoms with van der Waals surface area (Å²) in [6, 6.07) is 17.5. The topological polar surface area (TPSA) is 46.9 Å². The Morgan fingerprint density at radius 3 is 2.58 bits per heavy atom. The number of anilines is 1. The lowest BCUT2D eigenvalue weighted by atomic mass is 10.2. The number of hydrogen-bond acceptors (Lipinski definition) is 3. The lowest BCUT2D eigenvalue weighted by Crippen LogP contribution is -2.12. The molecule has 0 aliphatic rings. The van der Waals surface area contributed by atoms with Crippen LogP contribution in [-0.4, -0.2) is 15.7 Å². The van der Waals surface area contributed by atoms with E-state index in [-0.39, 0.29) is 5.91 Å². The standard InChI is InChI=1S/C19H13Cl2N3OS/c20-14-11-24(10-12-6-2-1-3-7-12)23-18(14)22-19(25)17-16(21)13-8-4-5-9-15(13)26-17/h1-9,11H,10H2,(H,22,23,25). The molecule has 0 bridgehead atoms. The first-order valence-electron chi connectivity index (χ1n) is 7.87. The summed E-state index contributed by atoms with van der Waals surface area (Å²) in [5.74, 6) is 0.00387. The maximum absolute atomic E-state index is 12.6. The maximum Gasteiger partial charge on any atom is 0.268 e. The van der Waals surface area contributed by atoms with E-state index in [0.29, 0.717) is 27.3 Å². The molecule has 4 aromatic rings. The molecule has 130 valence electrons. The molecule has 4 rings (SSSR count). The number of aromatic nitrogens is 2. The molecule has 0 fully saturated rings. The number of fused-ring (bicyclic) bond motifs is 1. The monoisotopic (exact) mass is 401 g/mol. The van der Waals surface area contributed by atoms with Gasteiger partial charge in [-0.1, -0.05) is 71.7 Å². The Hall–Kier alpha value is -2.34. The van der Waals surface area contributed by atoms with Gasteiger partial charge in [-0.15, -0.1) is 11.3 Å². The summed E-state index contributed by atoms with van der Waals surface area (Å²) in [5, 5.41) is 8.82. The molecule has 2 aromatic heterocycles. The Labute approximate surface area is 164 Å². The van der Waals surface area contributed by atoms with Crippen molar-refractivity contribution in [2.24, 2.45) is 0 Å². The van der Waals surface area contributed by atoms with Gasteiger partial charge in [0, 0.05) is 16.3 Å². The summed E-state index contributed by atoms with van der Waals surface area (Å²) < 4.78 is 2.66. The van der Waals surface area contributed by atoms with Crippen molar-refractivity contribution in [3.63, 3.8) is 0 Å². The van der Waals surface area contributed by atoms with E-state index >= 15 is 0 Å². The highest BCUT2D eigenvalue weighted by Crippen LogP contribution is 2.35. The van der Waals surface area contributed by atoms with Gasteiger partial charge in [0.05, 0.1) is 11.6 Å². The molecule has 1 amide bonds. The highest BCUT2D eigenvalue weighted by molar-refractivity contribution is 7.21. The first-order chi connectivity index (χ1) is 12.6. The number of amides is 1. The lowest BCUT2D eigenvalue weighted by Gasteiger charge is -2.02. The molecular weight excluding hydrogens is 389 g/mol. The Kier molecular flexibility index (Phi) is 4.68. The Bertz CT molecular complexity index is 1090. The number of nitrogens with one attached hydrogen (secondary N) is 1. The van der Waals surface area contributed by atoms with E-state index in [9.17, 15) is 4.79 Å². The first-order valence-corrected chi connectivity index (χ1v) is 9.44. The number of thiophene rings is 1. The van der Waals surface area contributed by atoms with Crippen LogP contribution < -0.4 is 5.32 Å². The predicted octanol–water partition coefficient (Wildman–Crippen LogP) is 5.71. The molecule has 0 saturated heterocycles. The zero-order valence-corrected chi connectivity index (χ0v) is 15.8. The normalized spacial score (nSPS) is 11.0. The quantitative estimate of drug-likeness (QED) is 0.476. The molecule has 0 aliphatic carbocycles. The van der Waals surface area contributed by atoms with Crippen molar-refractivity contribution in [3.8, 4) is 0 Å². The van der Waals surface area contributed by atoms with Gasteiger partial charge in [-0.25, -0.2) is 0 Å². The van der Waals surface area contributed by atoms with Crippen LogP contribution in [0.15, 0.2) is 60.8 Å². The minimum atomic E-state index is -0.317. The summed E-state index contributed by atoms with van der Waals surface area (Å²) in [6.45, 7) is 0.570. The van der Waals surface area contributed by atoms with Crippen LogP contribution >= 0.6 is 34.5 Å². The SMILES string of the molecule is O=C(Nc1nn(Cc2ccccc2)cc1Cl)c1sc2ccccc2c1Cl. The summed E-state index contributed by atoms with van der Waals surface area (Å²) in [7, 11) is 0. The second-order valence-electron chi connectivity index (χ2n) is 5.70. The van der Waals surface area contributed by atoms with Gasteiger partial charge >= 0.3 is 0 Å². The van der Waals surface area contributed by atoms with Gasteiger partial charge in [-0.2, -0.15) is 5.10 Å². The minimum Gasteiger partial charge on any atom is -0.303 e. The van der Waals surface area contributed by atoms with Crippen LogP contribution in [0.25, 0.3) is 10.1 Å². The molecular formula is C19H13Cl2N3OS. The summed E-state index contributed by atoms with van der Waals surface area (Å²) >= 11 is 13.9. The van der Waals surface area contributed by atoms with Crippen LogP contribution in [-0.2, 0) is 6.54 Å². The molecule has 2 heterocycles. The Morgan fingerprint density at radius 2 is 1.81 bits per heavy atom. The van der Waals surface area contributed by atoms with Crippen molar-refractivity contribution in [1.82, 2.24) is 9.78 Å². The van der Waals surface area contributed by atoms with Crippen LogP contribution in [0.5, 0.6) is 0 Å². The van der Waals surface area contributed by atoms with Gasteiger partial charge in [-0.05, 0) is 11.6 Å². The van der Waals surface area contributed by atoms with Gasteiger partial charge in [-0.3, -0.25) is 9.48 Å². The van der Waals surface area contributed by atoms with E-state index in [0.717, 1.165) is 15.6 Å². The fraction of sp³-hybridized carbons (Fsp3) is 0.0526. The number of benzene rings is 2. The largest absolute Gasteiger partial charge is 0.303 e. The number of carbonyl (C=O) groups excluding carboxylic acids is 1. The van der Waals surface area contributed by atoms with Crippen molar-refractivity contribution >= 4 is 56.3 Å². The first kappa shape index (κ1) is 17.1. The molecule has 7 heteroatoms. The van der Waals surface area contributed by atoms with E-state index in [1.807, 2.05) is 54.6 Å². The van der Waals surface area contributed by atoms with Crippen LogP contribution in [0.4, 0.5) is 5.82 Å².